The lowest BCUT2D eigenvalue weighted by Crippen LogP contribution is -2.40. The van der Waals surface area contributed by atoms with E-state index in [0.29, 0.717) is 0 Å². The van der Waals surface area contributed by atoms with E-state index in [0.717, 1.165) is 63.4 Å². The maximum absolute atomic E-state index is 12.8. The molecule has 0 radical (unpaired) electrons. The molecule has 1 aliphatic heterocycles. The van der Waals surface area contributed by atoms with E-state index in [2.05, 4.69) is 34.5 Å². The quantitative estimate of drug-likeness (QED) is 0.712. The summed E-state index contributed by atoms with van der Waals surface area (Å²) < 4.78 is 5.38. The number of hydrogen-bond donors (Lipinski definition) is 1. The number of carbonyl (C=O) groups excluding carboxylic acids is 1. The Labute approximate surface area is 168 Å². The van der Waals surface area contributed by atoms with Crippen LogP contribution in [0, 0.1) is 0 Å². The average Bonchev–Trinajstić information content (AvgIpc) is 2.76. The van der Waals surface area contributed by atoms with Crippen molar-refractivity contribution in [3.05, 3.63) is 71.8 Å². The first-order valence-corrected chi connectivity index (χ1v) is 10.2. The van der Waals surface area contributed by atoms with E-state index in [1.807, 2.05) is 43.4 Å². The minimum atomic E-state index is -0.148. The van der Waals surface area contributed by atoms with Crippen LogP contribution in [0.4, 0.5) is 4.79 Å². The van der Waals surface area contributed by atoms with Crippen LogP contribution in [0.1, 0.15) is 30.0 Å². The minimum Gasteiger partial charge on any atom is -0.379 e. The van der Waals surface area contributed by atoms with Gasteiger partial charge in [-0.05, 0) is 30.5 Å². The molecule has 0 spiro atoms. The smallest absolute Gasteiger partial charge is 0.317 e. The van der Waals surface area contributed by atoms with Gasteiger partial charge < -0.3 is 15.0 Å². The summed E-state index contributed by atoms with van der Waals surface area (Å²) in [5, 5.41) is 3.20. The number of nitrogens with zero attached hydrogens (tertiary/aromatic N) is 2. The SMILES string of the molecule is CN(CCCCN1CCOCC1)C(=O)NC(c1ccccc1)c1ccccc1. The number of rotatable bonds is 8. The van der Waals surface area contributed by atoms with Gasteiger partial charge in [0.2, 0.25) is 0 Å². The number of unbranched alkanes of at least 4 members (excludes halogenated alkanes) is 1. The molecule has 0 bridgehead atoms. The second-order valence-corrected chi connectivity index (χ2v) is 7.29. The van der Waals surface area contributed by atoms with Gasteiger partial charge in [0.25, 0.3) is 0 Å². The molecule has 2 aromatic rings. The van der Waals surface area contributed by atoms with Gasteiger partial charge in [0.05, 0.1) is 19.3 Å². The van der Waals surface area contributed by atoms with E-state index >= 15 is 0 Å². The Kier molecular flexibility index (Phi) is 7.88. The van der Waals surface area contributed by atoms with Gasteiger partial charge in [-0.2, -0.15) is 0 Å². The Balaban J connectivity index is 1.51. The van der Waals surface area contributed by atoms with E-state index in [4.69, 9.17) is 4.74 Å². The molecule has 3 rings (SSSR count). The highest BCUT2D eigenvalue weighted by Gasteiger charge is 2.18. The number of morpholine rings is 1. The van der Waals surface area contributed by atoms with Gasteiger partial charge in [0.1, 0.15) is 0 Å². The molecule has 5 heteroatoms. The van der Waals surface area contributed by atoms with E-state index in [1.165, 1.54) is 0 Å². The number of ether oxygens (including phenoxy) is 1. The first-order chi connectivity index (χ1) is 13.7. The predicted octanol–water partition coefficient (Wildman–Crippen LogP) is 3.53. The Bertz CT molecular complexity index is 663. The Morgan fingerprint density at radius 3 is 2.14 bits per heavy atom. The number of carbonyl (C=O) groups is 1. The zero-order valence-electron chi connectivity index (χ0n) is 16.7. The zero-order valence-corrected chi connectivity index (χ0v) is 16.7. The van der Waals surface area contributed by atoms with Gasteiger partial charge in [-0.3, -0.25) is 4.90 Å². The number of hydrogen-bond acceptors (Lipinski definition) is 3. The van der Waals surface area contributed by atoms with Crippen LogP contribution in [0.15, 0.2) is 60.7 Å². The van der Waals surface area contributed by atoms with Crippen LogP contribution < -0.4 is 5.32 Å². The van der Waals surface area contributed by atoms with E-state index < -0.39 is 0 Å². The number of nitrogens with one attached hydrogen (secondary N) is 1. The standard InChI is InChI=1S/C23H31N3O2/c1-25(14-8-9-15-26-16-18-28-19-17-26)23(27)24-22(20-10-4-2-5-11-20)21-12-6-3-7-13-21/h2-7,10-13,22H,8-9,14-19H2,1H3,(H,24,27). The van der Waals surface area contributed by atoms with Crippen molar-refractivity contribution in [3.63, 3.8) is 0 Å². The Morgan fingerprint density at radius 2 is 1.57 bits per heavy atom. The van der Waals surface area contributed by atoms with Crippen molar-refractivity contribution in [1.82, 2.24) is 15.1 Å². The van der Waals surface area contributed by atoms with Crippen molar-refractivity contribution in [3.8, 4) is 0 Å². The first-order valence-electron chi connectivity index (χ1n) is 10.2. The molecule has 2 amide bonds. The predicted molar refractivity (Wildman–Crippen MR) is 112 cm³/mol. The maximum Gasteiger partial charge on any atom is 0.317 e. The summed E-state index contributed by atoms with van der Waals surface area (Å²) in [6.07, 6.45) is 2.10. The van der Waals surface area contributed by atoms with Crippen LogP contribution in [0.25, 0.3) is 0 Å². The maximum atomic E-state index is 12.8. The lowest BCUT2D eigenvalue weighted by atomic mass is 9.99. The fourth-order valence-electron chi connectivity index (χ4n) is 3.49. The summed E-state index contributed by atoms with van der Waals surface area (Å²) in [7, 11) is 1.87. The molecule has 1 heterocycles. The highest BCUT2D eigenvalue weighted by atomic mass is 16.5. The molecule has 2 aromatic carbocycles. The fraction of sp³-hybridized carbons (Fsp3) is 0.435. The summed E-state index contributed by atoms with van der Waals surface area (Å²) in [4.78, 5) is 17.0. The molecule has 0 saturated carbocycles. The first kappa shape index (κ1) is 20.4. The molecule has 1 aliphatic rings. The molecule has 0 aliphatic carbocycles. The molecule has 1 fully saturated rings. The van der Waals surface area contributed by atoms with Crippen LogP contribution in [0.5, 0.6) is 0 Å². The average molecular weight is 382 g/mol. The lowest BCUT2D eigenvalue weighted by Gasteiger charge is -2.27. The van der Waals surface area contributed by atoms with Gasteiger partial charge in [-0.15, -0.1) is 0 Å². The van der Waals surface area contributed by atoms with Crippen molar-refractivity contribution in [2.24, 2.45) is 0 Å². The minimum absolute atomic E-state index is 0.0379. The summed E-state index contributed by atoms with van der Waals surface area (Å²) in [5.41, 5.74) is 2.17. The van der Waals surface area contributed by atoms with Crippen molar-refractivity contribution in [2.45, 2.75) is 18.9 Å². The van der Waals surface area contributed by atoms with Crippen LogP contribution in [0.2, 0.25) is 0 Å². The van der Waals surface area contributed by atoms with Gasteiger partial charge in [-0.1, -0.05) is 60.7 Å². The number of benzene rings is 2. The molecular formula is C23H31N3O2. The summed E-state index contributed by atoms with van der Waals surface area (Å²) in [6.45, 7) is 5.55. The van der Waals surface area contributed by atoms with Gasteiger partial charge in [0, 0.05) is 26.7 Å². The number of amides is 2. The molecule has 1 N–H and O–H groups in total. The van der Waals surface area contributed by atoms with Gasteiger partial charge in [-0.25, -0.2) is 4.79 Å². The third-order valence-corrected chi connectivity index (χ3v) is 5.20. The van der Waals surface area contributed by atoms with E-state index in [1.54, 1.807) is 4.90 Å². The van der Waals surface area contributed by atoms with Gasteiger partial charge in [0.15, 0.2) is 0 Å². The van der Waals surface area contributed by atoms with Crippen molar-refractivity contribution < 1.29 is 9.53 Å². The normalized spacial score (nSPS) is 14.8. The second-order valence-electron chi connectivity index (χ2n) is 7.29. The summed E-state index contributed by atoms with van der Waals surface area (Å²) in [5.74, 6) is 0. The van der Waals surface area contributed by atoms with E-state index in [9.17, 15) is 4.79 Å². The molecule has 28 heavy (non-hydrogen) atoms. The third kappa shape index (κ3) is 6.08. The highest BCUT2D eigenvalue weighted by Crippen LogP contribution is 2.22. The fourth-order valence-corrected chi connectivity index (χ4v) is 3.49. The molecule has 0 unspecified atom stereocenters. The van der Waals surface area contributed by atoms with E-state index in [-0.39, 0.29) is 12.1 Å². The number of urea groups is 1. The monoisotopic (exact) mass is 381 g/mol. The second kappa shape index (κ2) is 10.8. The topological polar surface area (TPSA) is 44.8 Å². The molecule has 0 atom stereocenters. The van der Waals surface area contributed by atoms with Crippen LogP contribution in [-0.2, 0) is 4.74 Å². The van der Waals surface area contributed by atoms with Crippen LogP contribution >= 0.6 is 0 Å². The largest absolute Gasteiger partial charge is 0.379 e. The lowest BCUT2D eigenvalue weighted by molar-refractivity contribution is 0.0370. The van der Waals surface area contributed by atoms with Crippen LogP contribution in [-0.4, -0.2) is 62.3 Å². The highest BCUT2D eigenvalue weighted by molar-refractivity contribution is 5.75. The van der Waals surface area contributed by atoms with Gasteiger partial charge >= 0.3 is 6.03 Å². The summed E-state index contributed by atoms with van der Waals surface area (Å²) >= 11 is 0. The molecule has 5 nitrogen and oxygen atoms in total. The molecule has 1 saturated heterocycles. The summed E-state index contributed by atoms with van der Waals surface area (Å²) in [6, 6.07) is 20.1. The van der Waals surface area contributed by atoms with Crippen molar-refractivity contribution >= 4 is 6.03 Å². The third-order valence-electron chi connectivity index (χ3n) is 5.20. The van der Waals surface area contributed by atoms with Crippen molar-refractivity contribution in [1.29, 1.82) is 0 Å². The zero-order chi connectivity index (χ0) is 19.6. The molecular weight excluding hydrogens is 350 g/mol. The van der Waals surface area contributed by atoms with Crippen molar-refractivity contribution in [2.75, 3.05) is 46.4 Å². The Hall–Kier alpha value is -2.37. The van der Waals surface area contributed by atoms with Crippen LogP contribution in [0.3, 0.4) is 0 Å². The molecule has 0 aromatic heterocycles. The molecule has 150 valence electrons. The Morgan fingerprint density at radius 1 is 1.00 bits per heavy atom.